The number of hydrogen-bond acceptors (Lipinski definition) is 2. The van der Waals surface area contributed by atoms with Gasteiger partial charge in [-0.15, -0.1) is 24.0 Å². The number of nitrogens with zero attached hydrogens (tertiary/aromatic N) is 1. The SMILES string of the molecule is CCNC(=NCCc1ccc(NC(C)=O)cc1)NC(C)CCC(C)C.I. The first-order valence-corrected chi connectivity index (χ1v) is 9.32. The molecule has 26 heavy (non-hydrogen) atoms. The number of guanidine groups is 1. The first kappa shape index (κ1) is 24.7. The molecular formula is C20H35IN4O. The number of carbonyl (C=O) groups is 1. The quantitative estimate of drug-likeness (QED) is 0.286. The standard InChI is InChI=1S/C20H34N4O.HI/c1-6-21-20(23-16(4)8-7-15(2)3)22-14-13-18-9-11-19(12-10-18)24-17(5)25;/h9-12,15-16H,6-8,13-14H2,1-5H3,(H,24,25)(H2,21,22,23);1H. The van der Waals surface area contributed by atoms with Gasteiger partial charge in [0.15, 0.2) is 5.96 Å². The van der Waals surface area contributed by atoms with E-state index in [1.807, 2.05) is 24.3 Å². The van der Waals surface area contributed by atoms with Gasteiger partial charge in [0.25, 0.3) is 0 Å². The molecule has 0 aliphatic rings. The van der Waals surface area contributed by atoms with Crippen molar-refractivity contribution in [2.45, 2.75) is 59.9 Å². The molecule has 1 unspecified atom stereocenters. The van der Waals surface area contributed by atoms with E-state index in [0.717, 1.165) is 43.5 Å². The zero-order valence-corrected chi connectivity index (χ0v) is 19.1. The highest BCUT2D eigenvalue weighted by Gasteiger charge is 2.06. The van der Waals surface area contributed by atoms with Crippen LogP contribution >= 0.6 is 24.0 Å². The average molecular weight is 474 g/mol. The van der Waals surface area contributed by atoms with Gasteiger partial charge in [-0.05, 0) is 56.7 Å². The molecule has 1 aromatic rings. The predicted octanol–water partition coefficient (Wildman–Crippen LogP) is 4.19. The molecule has 5 nitrogen and oxygen atoms in total. The van der Waals surface area contributed by atoms with Gasteiger partial charge >= 0.3 is 0 Å². The lowest BCUT2D eigenvalue weighted by Gasteiger charge is -2.18. The highest BCUT2D eigenvalue weighted by molar-refractivity contribution is 14.0. The molecule has 148 valence electrons. The maximum Gasteiger partial charge on any atom is 0.221 e. The molecule has 1 aromatic carbocycles. The molecule has 0 spiro atoms. The van der Waals surface area contributed by atoms with Gasteiger partial charge in [0.1, 0.15) is 0 Å². The van der Waals surface area contributed by atoms with E-state index in [1.54, 1.807) is 0 Å². The summed E-state index contributed by atoms with van der Waals surface area (Å²) in [5, 5.41) is 9.57. The van der Waals surface area contributed by atoms with Gasteiger partial charge in [0, 0.05) is 31.7 Å². The summed E-state index contributed by atoms with van der Waals surface area (Å²) < 4.78 is 0. The fourth-order valence-electron chi connectivity index (χ4n) is 2.46. The Labute approximate surface area is 175 Å². The monoisotopic (exact) mass is 474 g/mol. The largest absolute Gasteiger partial charge is 0.357 e. The number of hydrogen-bond donors (Lipinski definition) is 3. The Balaban J connectivity index is 0.00000625. The molecule has 0 aliphatic carbocycles. The summed E-state index contributed by atoms with van der Waals surface area (Å²) in [5.74, 6) is 1.56. The summed E-state index contributed by atoms with van der Waals surface area (Å²) in [6.45, 7) is 11.9. The Morgan fingerprint density at radius 3 is 2.31 bits per heavy atom. The summed E-state index contributed by atoms with van der Waals surface area (Å²) >= 11 is 0. The minimum Gasteiger partial charge on any atom is -0.357 e. The second kappa shape index (κ2) is 13.8. The number of nitrogens with one attached hydrogen (secondary N) is 3. The number of benzene rings is 1. The first-order valence-electron chi connectivity index (χ1n) is 9.32. The van der Waals surface area contributed by atoms with Crippen molar-refractivity contribution < 1.29 is 4.79 Å². The zero-order valence-electron chi connectivity index (χ0n) is 16.8. The van der Waals surface area contributed by atoms with E-state index in [0.29, 0.717) is 6.04 Å². The Kier molecular flexibility index (Phi) is 13.1. The molecule has 0 saturated carbocycles. The molecule has 1 amide bonds. The molecule has 1 atom stereocenters. The van der Waals surface area contributed by atoms with Gasteiger partial charge in [0.05, 0.1) is 0 Å². The van der Waals surface area contributed by atoms with E-state index in [-0.39, 0.29) is 29.9 Å². The third-order valence-electron chi connectivity index (χ3n) is 3.85. The Morgan fingerprint density at radius 1 is 1.12 bits per heavy atom. The lowest BCUT2D eigenvalue weighted by molar-refractivity contribution is -0.114. The van der Waals surface area contributed by atoms with Crippen molar-refractivity contribution in [3.05, 3.63) is 29.8 Å². The normalized spacial score (nSPS) is 12.3. The van der Waals surface area contributed by atoms with Crippen LogP contribution in [0, 0.1) is 5.92 Å². The van der Waals surface area contributed by atoms with Gasteiger partial charge in [-0.2, -0.15) is 0 Å². The van der Waals surface area contributed by atoms with Crippen LogP contribution < -0.4 is 16.0 Å². The molecule has 3 N–H and O–H groups in total. The van der Waals surface area contributed by atoms with Gasteiger partial charge < -0.3 is 16.0 Å². The topological polar surface area (TPSA) is 65.5 Å². The molecule has 0 heterocycles. The fourth-order valence-corrected chi connectivity index (χ4v) is 2.46. The number of amides is 1. The lowest BCUT2D eigenvalue weighted by Crippen LogP contribution is -2.42. The molecule has 0 fully saturated rings. The Hall–Kier alpha value is -1.31. The van der Waals surface area contributed by atoms with Crippen molar-refractivity contribution >= 4 is 41.5 Å². The zero-order chi connectivity index (χ0) is 18.7. The van der Waals surface area contributed by atoms with E-state index in [4.69, 9.17) is 0 Å². The van der Waals surface area contributed by atoms with Crippen LogP contribution in [0.2, 0.25) is 0 Å². The van der Waals surface area contributed by atoms with Crippen LogP contribution in [0.5, 0.6) is 0 Å². The fraction of sp³-hybridized carbons (Fsp3) is 0.600. The third-order valence-corrected chi connectivity index (χ3v) is 3.85. The van der Waals surface area contributed by atoms with Crippen LogP contribution in [0.25, 0.3) is 0 Å². The van der Waals surface area contributed by atoms with Gasteiger partial charge in [-0.25, -0.2) is 0 Å². The summed E-state index contributed by atoms with van der Waals surface area (Å²) in [4.78, 5) is 15.7. The van der Waals surface area contributed by atoms with E-state index in [1.165, 1.54) is 18.9 Å². The van der Waals surface area contributed by atoms with Crippen LogP contribution in [-0.4, -0.2) is 31.0 Å². The predicted molar refractivity (Wildman–Crippen MR) is 123 cm³/mol. The van der Waals surface area contributed by atoms with Crippen LogP contribution in [0.15, 0.2) is 29.3 Å². The van der Waals surface area contributed by atoms with Crippen molar-refractivity contribution in [1.29, 1.82) is 0 Å². The number of halogens is 1. The Bertz CT molecular complexity index is 543. The van der Waals surface area contributed by atoms with Crippen molar-refractivity contribution in [3.8, 4) is 0 Å². The maximum absolute atomic E-state index is 11.0. The highest BCUT2D eigenvalue weighted by Crippen LogP contribution is 2.10. The molecule has 0 bridgehead atoms. The summed E-state index contributed by atoms with van der Waals surface area (Å²) in [5.41, 5.74) is 2.04. The van der Waals surface area contributed by atoms with Crippen LogP contribution in [-0.2, 0) is 11.2 Å². The summed E-state index contributed by atoms with van der Waals surface area (Å²) in [6, 6.07) is 8.34. The second-order valence-electron chi connectivity index (χ2n) is 6.91. The van der Waals surface area contributed by atoms with E-state index >= 15 is 0 Å². The molecule has 1 rings (SSSR count). The van der Waals surface area contributed by atoms with Crippen molar-refractivity contribution in [2.75, 3.05) is 18.4 Å². The van der Waals surface area contributed by atoms with Gasteiger partial charge in [-0.3, -0.25) is 9.79 Å². The molecule has 6 heteroatoms. The van der Waals surface area contributed by atoms with Crippen molar-refractivity contribution in [1.82, 2.24) is 10.6 Å². The highest BCUT2D eigenvalue weighted by atomic mass is 127. The number of anilines is 1. The minimum absolute atomic E-state index is 0. The molecular weight excluding hydrogens is 439 g/mol. The van der Waals surface area contributed by atoms with Gasteiger partial charge in [0.2, 0.25) is 5.91 Å². The van der Waals surface area contributed by atoms with E-state index in [9.17, 15) is 4.79 Å². The van der Waals surface area contributed by atoms with Crippen LogP contribution in [0.4, 0.5) is 5.69 Å². The third kappa shape index (κ3) is 11.3. The number of carbonyl (C=O) groups excluding carboxylic acids is 1. The van der Waals surface area contributed by atoms with Crippen LogP contribution in [0.1, 0.15) is 53.0 Å². The second-order valence-corrected chi connectivity index (χ2v) is 6.91. The molecule has 0 aromatic heterocycles. The lowest BCUT2D eigenvalue weighted by atomic mass is 10.0. The molecule has 0 saturated heterocycles. The smallest absolute Gasteiger partial charge is 0.221 e. The van der Waals surface area contributed by atoms with E-state index in [2.05, 4.69) is 48.6 Å². The van der Waals surface area contributed by atoms with Crippen molar-refractivity contribution in [3.63, 3.8) is 0 Å². The van der Waals surface area contributed by atoms with E-state index < -0.39 is 0 Å². The number of rotatable bonds is 9. The number of aliphatic imine (C=N–C) groups is 1. The Morgan fingerprint density at radius 2 is 1.77 bits per heavy atom. The molecule has 0 aliphatic heterocycles. The summed E-state index contributed by atoms with van der Waals surface area (Å²) in [7, 11) is 0. The van der Waals surface area contributed by atoms with Crippen LogP contribution in [0.3, 0.4) is 0 Å². The van der Waals surface area contributed by atoms with Gasteiger partial charge in [-0.1, -0.05) is 26.0 Å². The molecule has 0 radical (unpaired) electrons. The minimum atomic E-state index is -0.0507. The average Bonchev–Trinajstić information content (AvgIpc) is 2.54. The van der Waals surface area contributed by atoms with Crippen molar-refractivity contribution in [2.24, 2.45) is 10.9 Å². The summed E-state index contributed by atoms with van der Waals surface area (Å²) in [6.07, 6.45) is 3.23. The maximum atomic E-state index is 11.0. The first-order chi connectivity index (χ1) is 11.9.